The molecule has 2 rings (SSSR count). The zero-order valence-corrected chi connectivity index (χ0v) is 14.0. The fraction of sp³-hybridized carbons (Fsp3) is 0.400. The first kappa shape index (κ1) is 16.7. The van der Waals surface area contributed by atoms with Crippen molar-refractivity contribution in [1.82, 2.24) is 0 Å². The van der Waals surface area contributed by atoms with Crippen molar-refractivity contribution >= 4 is 0 Å². The molecule has 2 N–H and O–H groups in total. The Hall–Kier alpha value is -1.67. The van der Waals surface area contributed by atoms with Crippen LogP contribution in [0, 0.1) is 5.82 Å². The van der Waals surface area contributed by atoms with Gasteiger partial charge >= 0.3 is 0 Å². The van der Waals surface area contributed by atoms with Crippen LogP contribution in [0.4, 0.5) is 4.39 Å². The lowest BCUT2D eigenvalue weighted by Crippen LogP contribution is -2.34. The highest BCUT2D eigenvalue weighted by Crippen LogP contribution is 2.29. The van der Waals surface area contributed by atoms with Crippen LogP contribution in [0.5, 0.6) is 0 Å². The smallest absolute Gasteiger partial charge is 0.123 e. The predicted octanol–water partition coefficient (Wildman–Crippen LogP) is 4.58. The first-order valence-electron chi connectivity index (χ1n) is 7.80. The van der Waals surface area contributed by atoms with Crippen LogP contribution in [0.3, 0.4) is 0 Å². The summed E-state index contributed by atoms with van der Waals surface area (Å²) in [6.07, 6.45) is 0.847. The van der Waals surface area contributed by atoms with E-state index in [1.54, 1.807) is 0 Å². The van der Waals surface area contributed by atoms with Gasteiger partial charge in [0, 0.05) is 12.0 Å². The van der Waals surface area contributed by atoms with E-state index < -0.39 is 0 Å². The summed E-state index contributed by atoms with van der Waals surface area (Å²) >= 11 is 0. The van der Waals surface area contributed by atoms with Crippen LogP contribution >= 0.6 is 0 Å². The number of hydrogen-bond acceptors (Lipinski definition) is 1. The van der Waals surface area contributed by atoms with Gasteiger partial charge in [-0.3, -0.25) is 0 Å². The standard InChI is InChI=1S/C20H26FN/c1-19(2,3)16-7-5-15(6-8-16)13-20(4,14-22)17-9-11-18(21)12-10-17/h5-12H,13-14,22H2,1-4H3. The summed E-state index contributed by atoms with van der Waals surface area (Å²) in [5.41, 5.74) is 9.67. The summed E-state index contributed by atoms with van der Waals surface area (Å²) in [5.74, 6) is -0.211. The Balaban J connectivity index is 2.24. The molecular weight excluding hydrogens is 273 g/mol. The molecule has 0 aromatic heterocycles. The normalized spacial score (nSPS) is 14.6. The molecule has 118 valence electrons. The lowest BCUT2D eigenvalue weighted by atomic mass is 9.77. The van der Waals surface area contributed by atoms with Crippen molar-refractivity contribution in [1.29, 1.82) is 0 Å². The lowest BCUT2D eigenvalue weighted by molar-refractivity contribution is 0.479. The zero-order chi connectivity index (χ0) is 16.4. The monoisotopic (exact) mass is 299 g/mol. The van der Waals surface area contributed by atoms with E-state index in [0.717, 1.165) is 12.0 Å². The van der Waals surface area contributed by atoms with Crippen LogP contribution in [0.15, 0.2) is 48.5 Å². The molecule has 0 fully saturated rings. The van der Waals surface area contributed by atoms with Crippen molar-refractivity contribution in [3.63, 3.8) is 0 Å². The van der Waals surface area contributed by atoms with Crippen LogP contribution < -0.4 is 5.73 Å². The maximum Gasteiger partial charge on any atom is 0.123 e. The third kappa shape index (κ3) is 3.75. The van der Waals surface area contributed by atoms with Gasteiger partial charge in [-0.15, -0.1) is 0 Å². The maximum atomic E-state index is 13.1. The molecule has 22 heavy (non-hydrogen) atoms. The summed E-state index contributed by atoms with van der Waals surface area (Å²) in [6, 6.07) is 15.4. The molecule has 0 bridgehead atoms. The van der Waals surface area contributed by atoms with E-state index in [9.17, 15) is 4.39 Å². The molecular formula is C20H26FN. The Morgan fingerprint density at radius 3 is 1.77 bits per heavy atom. The van der Waals surface area contributed by atoms with Crippen LogP contribution in [0.25, 0.3) is 0 Å². The van der Waals surface area contributed by atoms with Gasteiger partial charge in [-0.2, -0.15) is 0 Å². The van der Waals surface area contributed by atoms with Crippen molar-refractivity contribution in [3.05, 3.63) is 71.0 Å². The van der Waals surface area contributed by atoms with Gasteiger partial charge in [0.15, 0.2) is 0 Å². The van der Waals surface area contributed by atoms with Crippen LogP contribution in [-0.2, 0) is 17.3 Å². The van der Waals surface area contributed by atoms with E-state index in [0.29, 0.717) is 6.54 Å². The van der Waals surface area contributed by atoms with Crippen molar-refractivity contribution in [2.24, 2.45) is 5.73 Å². The highest BCUT2D eigenvalue weighted by atomic mass is 19.1. The van der Waals surface area contributed by atoms with Gasteiger partial charge in [-0.25, -0.2) is 4.39 Å². The Labute approximate surface area is 133 Å². The lowest BCUT2D eigenvalue weighted by Gasteiger charge is -2.29. The van der Waals surface area contributed by atoms with Gasteiger partial charge in [0.1, 0.15) is 5.82 Å². The molecule has 1 atom stereocenters. The second kappa shape index (κ2) is 6.21. The molecule has 0 amide bonds. The molecule has 0 saturated heterocycles. The van der Waals surface area contributed by atoms with Gasteiger partial charge < -0.3 is 5.73 Å². The SMILES string of the molecule is CC(C)(C)c1ccc(CC(C)(CN)c2ccc(F)cc2)cc1. The van der Waals surface area contributed by atoms with E-state index in [4.69, 9.17) is 5.73 Å². The number of benzene rings is 2. The molecule has 2 heteroatoms. The largest absolute Gasteiger partial charge is 0.330 e. The summed E-state index contributed by atoms with van der Waals surface area (Å²) < 4.78 is 13.1. The zero-order valence-electron chi connectivity index (χ0n) is 14.0. The maximum absolute atomic E-state index is 13.1. The van der Waals surface area contributed by atoms with Crippen molar-refractivity contribution in [2.45, 2.75) is 44.9 Å². The van der Waals surface area contributed by atoms with Gasteiger partial charge in [-0.1, -0.05) is 64.1 Å². The Kier molecular flexibility index (Phi) is 4.72. The van der Waals surface area contributed by atoms with Crippen molar-refractivity contribution in [2.75, 3.05) is 6.54 Å². The molecule has 1 nitrogen and oxygen atoms in total. The highest BCUT2D eigenvalue weighted by molar-refractivity contribution is 5.32. The molecule has 0 heterocycles. The minimum atomic E-state index is -0.211. The first-order chi connectivity index (χ1) is 10.2. The summed E-state index contributed by atoms with van der Waals surface area (Å²) in [5, 5.41) is 0. The van der Waals surface area contributed by atoms with Crippen LogP contribution in [-0.4, -0.2) is 6.54 Å². The molecule has 1 unspecified atom stereocenters. The molecule has 2 aromatic rings. The Morgan fingerprint density at radius 2 is 1.32 bits per heavy atom. The van der Waals surface area contributed by atoms with E-state index in [1.807, 2.05) is 12.1 Å². The fourth-order valence-corrected chi connectivity index (χ4v) is 2.72. The van der Waals surface area contributed by atoms with E-state index in [2.05, 4.69) is 52.0 Å². The van der Waals surface area contributed by atoms with Gasteiger partial charge in [0.05, 0.1) is 0 Å². The van der Waals surface area contributed by atoms with Crippen molar-refractivity contribution < 1.29 is 4.39 Å². The van der Waals surface area contributed by atoms with Crippen molar-refractivity contribution in [3.8, 4) is 0 Å². The summed E-state index contributed by atoms with van der Waals surface area (Å²) in [7, 11) is 0. The highest BCUT2D eigenvalue weighted by Gasteiger charge is 2.25. The predicted molar refractivity (Wildman–Crippen MR) is 91.7 cm³/mol. The fourth-order valence-electron chi connectivity index (χ4n) is 2.72. The first-order valence-corrected chi connectivity index (χ1v) is 7.80. The van der Waals surface area contributed by atoms with E-state index in [-0.39, 0.29) is 16.6 Å². The van der Waals surface area contributed by atoms with Crippen LogP contribution in [0.1, 0.15) is 44.4 Å². The molecule has 0 aliphatic heterocycles. The topological polar surface area (TPSA) is 26.0 Å². The number of rotatable bonds is 4. The molecule has 2 aromatic carbocycles. The van der Waals surface area contributed by atoms with Gasteiger partial charge in [0.25, 0.3) is 0 Å². The molecule has 0 aliphatic carbocycles. The minimum Gasteiger partial charge on any atom is -0.330 e. The van der Waals surface area contributed by atoms with E-state index >= 15 is 0 Å². The number of halogens is 1. The Bertz CT molecular complexity index is 608. The van der Waals surface area contributed by atoms with Gasteiger partial charge in [0.2, 0.25) is 0 Å². The third-order valence-electron chi connectivity index (χ3n) is 4.41. The second-order valence-electron chi connectivity index (χ2n) is 7.40. The molecule has 0 spiro atoms. The summed E-state index contributed by atoms with van der Waals surface area (Å²) in [6.45, 7) is 9.30. The summed E-state index contributed by atoms with van der Waals surface area (Å²) in [4.78, 5) is 0. The molecule has 0 saturated carbocycles. The third-order valence-corrected chi connectivity index (χ3v) is 4.41. The van der Waals surface area contributed by atoms with Gasteiger partial charge in [-0.05, 0) is 40.7 Å². The van der Waals surface area contributed by atoms with E-state index in [1.165, 1.54) is 23.3 Å². The molecule has 0 radical (unpaired) electrons. The number of hydrogen-bond donors (Lipinski definition) is 1. The second-order valence-corrected chi connectivity index (χ2v) is 7.40. The average Bonchev–Trinajstić information content (AvgIpc) is 2.47. The van der Waals surface area contributed by atoms with Crippen LogP contribution in [0.2, 0.25) is 0 Å². The Morgan fingerprint density at radius 1 is 0.818 bits per heavy atom. The quantitative estimate of drug-likeness (QED) is 0.878. The molecule has 0 aliphatic rings. The number of nitrogens with two attached hydrogens (primary N) is 1. The minimum absolute atomic E-state index is 0.159. The average molecular weight is 299 g/mol.